The lowest BCUT2D eigenvalue weighted by atomic mass is 9.36. The van der Waals surface area contributed by atoms with Crippen molar-refractivity contribution in [3.63, 3.8) is 0 Å². The zero-order valence-electron chi connectivity index (χ0n) is 30.9. The van der Waals surface area contributed by atoms with Gasteiger partial charge in [0.05, 0.1) is 29.4 Å². The highest BCUT2D eigenvalue weighted by molar-refractivity contribution is 6.07. The second-order valence-corrected chi connectivity index (χ2v) is 19.1. The van der Waals surface area contributed by atoms with E-state index in [1.807, 2.05) is 20.8 Å². The molecular weight excluding hydrogens is 606 g/mol. The summed E-state index contributed by atoms with van der Waals surface area (Å²) in [7, 11) is 0. The van der Waals surface area contributed by atoms with Crippen LogP contribution >= 0.6 is 0 Å². The van der Waals surface area contributed by atoms with Crippen molar-refractivity contribution in [1.82, 2.24) is 5.32 Å². The Morgan fingerprint density at radius 3 is 2.21 bits per heavy atom. The third-order valence-electron chi connectivity index (χ3n) is 15.5. The van der Waals surface area contributed by atoms with Gasteiger partial charge in [0, 0.05) is 11.8 Å². The van der Waals surface area contributed by atoms with E-state index in [-0.39, 0.29) is 76.7 Å². The van der Waals surface area contributed by atoms with E-state index in [1.54, 1.807) is 0 Å². The van der Waals surface area contributed by atoms with E-state index < -0.39 is 22.8 Å². The molecule has 6 aliphatic carbocycles. The molecule has 8 heteroatoms. The predicted molar refractivity (Wildman–Crippen MR) is 182 cm³/mol. The van der Waals surface area contributed by atoms with Gasteiger partial charge in [0.1, 0.15) is 6.10 Å². The fraction of sp³-hybridized carbons (Fsp3) is 0.850. The van der Waals surface area contributed by atoms with Crippen molar-refractivity contribution >= 4 is 23.6 Å². The first-order chi connectivity index (χ1) is 22.2. The van der Waals surface area contributed by atoms with E-state index in [1.165, 1.54) is 0 Å². The number of allylic oxidation sites excluding steroid dienone is 1. The molecule has 0 saturated heterocycles. The van der Waals surface area contributed by atoms with Crippen LogP contribution in [0.1, 0.15) is 127 Å². The molecule has 0 spiro atoms. The van der Waals surface area contributed by atoms with E-state index in [2.05, 4.69) is 46.9 Å². The maximum atomic E-state index is 14.2. The summed E-state index contributed by atoms with van der Waals surface area (Å²) in [6, 6.07) is 0. The van der Waals surface area contributed by atoms with Crippen LogP contribution in [0.15, 0.2) is 11.1 Å². The molecule has 5 fully saturated rings. The highest BCUT2D eigenvalue weighted by Gasteiger charge is 2.68. The molecule has 11 atom stereocenters. The Labute approximate surface area is 287 Å². The average molecular weight is 668 g/mol. The lowest BCUT2D eigenvalue weighted by Gasteiger charge is -2.68. The van der Waals surface area contributed by atoms with Crippen molar-refractivity contribution in [2.45, 2.75) is 138 Å². The zero-order chi connectivity index (χ0) is 35.4. The van der Waals surface area contributed by atoms with Crippen LogP contribution in [0, 0.1) is 69.0 Å². The second-order valence-electron chi connectivity index (χ2n) is 19.1. The maximum Gasteiger partial charge on any atom is 0.309 e. The molecule has 268 valence electrons. The van der Waals surface area contributed by atoms with Gasteiger partial charge in [-0.15, -0.1) is 0 Å². The van der Waals surface area contributed by atoms with E-state index in [9.17, 15) is 29.4 Å². The number of fused-ring (bicyclic) bond motifs is 7. The molecule has 8 nitrogen and oxygen atoms in total. The first-order valence-electron chi connectivity index (χ1n) is 18.9. The summed E-state index contributed by atoms with van der Waals surface area (Å²) in [5.74, 6) is -0.440. The Balaban J connectivity index is 1.26. The van der Waals surface area contributed by atoms with Gasteiger partial charge in [0.2, 0.25) is 5.91 Å². The number of Topliss-reactive ketones (excluding diaryl/α,β-unsaturated/α-hetero) is 1. The number of carbonyl (C=O) groups is 4. The van der Waals surface area contributed by atoms with Gasteiger partial charge in [-0.3, -0.25) is 19.2 Å². The minimum atomic E-state index is -0.825. The van der Waals surface area contributed by atoms with Crippen LogP contribution in [0.3, 0.4) is 0 Å². The van der Waals surface area contributed by atoms with Gasteiger partial charge in [-0.1, -0.05) is 48.5 Å². The molecule has 0 aromatic carbocycles. The van der Waals surface area contributed by atoms with Crippen LogP contribution in [-0.4, -0.2) is 52.1 Å². The molecule has 48 heavy (non-hydrogen) atoms. The number of carboxylic acids is 1. The number of ether oxygens (including phenoxy) is 1. The summed E-state index contributed by atoms with van der Waals surface area (Å²) >= 11 is 0. The minimum Gasteiger partial charge on any atom is -0.481 e. The van der Waals surface area contributed by atoms with E-state index in [0.29, 0.717) is 30.6 Å². The normalized spacial score (nSPS) is 43.4. The molecule has 0 aliphatic heterocycles. The van der Waals surface area contributed by atoms with Gasteiger partial charge in [0.15, 0.2) is 5.78 Å². The van der Waals surface area contributed by atoms with E-state index >= 15 is 0 Å². The van der Waals surface area contributed by atoms with Crippen LogP contribution in [0.25, 0.3) is 0 Å². The summed E-state index contributed by atoms with van der Waals surface area (Å²) in [6.07, 6.45) is 8.02. The number of hydrogen-bond donors (Lipinski definition) is 3. The SMILES string of the molecule is CC(C)C1=C2C3CCC4C(C)(CCC5C(C)(C)C(OC(=O)C6CC(C(=O)O)C6C)CCC54C)C3CCC2(C(=O)NC(C)(C)CO)CC1=O. The number of nitrogens with one attached hydrogen (secondary N) is 1. The van der Waals surface area contributed by atoms with Crippen LogP contribution in [0.4, 0.5) is 0 Å². The van der Waals surface area contributed by atoms with Crippen LogP contribution < -0.4 is 5.32 Å². The third-order valence-corrected chi connectivity index (χ3v) is 15.5. The Morgan fingerprint density at radius 2 is 1.60 bits per heavy atom. The van der Waals surface area contributed by atoms with Crippen LogP contribution in [0.2, 0.25) is 0 Å². The molecule has 5 saturated carbocycles. The number of rotatable bonds is 7. The Morgan fingerprint density at radius 1 is 0.938 bits per heavy atom. The summed E-state index contributed by atoms with van der Waals surface area (Å²) < 4.78 is 6.29. The fourth-order valence-corrected chi connectivity index (χ4v) is 12.9. The number of ketones is 1. The molecule has 3 N–H and O–H groups in total. The van der Waals surface area contributed by atoms with Crippen molar-refractivity contribution in [3.8, 4) is 0 Å². The topological polar surface area (TPSA) is 130 Å². The number of aliphatic hydroxyl groups is 1. The van der Waals surface area contributed by atoms with Crippen LogP contribution in [0.5, 0.6) is 0 Å². The summed E-state index contributed by atoms with van der Waals surface area (Å²) in [6.45, 7) is 19.1. The lowest BCUT2D eigenvalue weighted by molar-refractivity contribution is -0.217. The van der Waals surface area contributed by atoms with E-state index in [4.69, 9.17) is 4.74 Å². The van der Waals surface area contributed by atoms with Crippen molar-refractivity contribution < 1.29 is 34.1 Å². The van der Waals surface area contributed by atoms with Gasteiger partial charge in [-0.25, -0.2) is 0 Å². The number of aliphatic hydroxyl groups excluding tert-OH is 1. The first kappa shape index (κ1) is 35.6. The number of amides is 1. The van der Waals surface area contributed by atoms with Crippen molar-refractivity contribution in [2.24, 2.45) is 69.0 Å². The highest BCUT2D eigenvalue weighted by Crippen LogP contribution is 2.73. The first-order valence-corrected chi connectivity index (χ1v) is 18.9. The minimum absolute atomic E-state index is 0.0577. The van der Waals surface area contributed by atoms with Crippen LogP contribution in [-0.2, 0) is 23.9 Å². The van der Waals surface area contributed by atoms with Gasteiger partial charge in [-0.2, -0.15) is 0 Å². The standard InChI is InChI=1S/C40H61NO7/c1-21(2)31-27(43)19-40(35(47)41-36(4,5)20-42)17-12-26-23(32(31)40)10-11-29-38(26,8)15-13-28-37(6,7)30(14-16-39(28,29)9)48-34(46)25-18-24(22(25)3)33(44)45/h21-26,28-30,42H,10-20H2,1-9H3,(H,41,47)(H,44,45). The molecule has 11 unspecified atom stereocenters. The Kier molecular flexibility index (Phi) is 8.65. The van der Waals surface area contributed by atoms with Gasteiger partial charge < -0.3 is 20.3 Å². The molecule has 1 amide bonds. The van der Waals surface area contributed by atoms with Gasteiger partial charge in [-0.05, 0) is 129 Å². The smallest absolute Gasteiger partial charge is 0.309 e. The number of hydrogen-bond acceptors (Lipinski definition) is 6. The second kappa shape index (κ2) is 11.7. The summed E-state index contributed by atoms with van der Waals surface area (Å²) in [5.41, 5.74) is 0.400. The van der Waals surface area contributed by atoms with Gasteiger partial charge >= 0.3 is 11.9 Å². The maximum absolute atomic E-state index is 14.2. The molecule has 0 bridgehead atoms. The molecule has 0 aromatic heterocycles. The Hall–Kier alpha value is -2.22. The number of carboxylic acid groups (broad SMARTS) is 1. The lowest BCUT2D eigenvalue weighted by Crippen LogP contribution is -2.63. The largest absolute Gasteiger partial charge is 0.481 e. The number of esters is 1. The molecule has 6 rings (SSSR count). The summed E-state index contributed by atoms with van der Waals surface area (Å²) in [5, 5.41) is 22.5. The van der Waals surface area contributed by atoms with Gasteiger partial charge in [0.25, 0.3) is 0 Å². The summed E-state index contributed by atoms with van der Waals surface area (Å²) in [4.78, 5) is 52.8. The van der Waals surface area contributed by atoms with Crippen molar-refractivity contribution in [3.05, 3.63) is 11.1 Å². The monoisotopic (exact) mass is 667 g/mol. The average Bonchev–Trinajstić information content (AvgIpc) is 3.31. The molecule has 0 heterocycles. The Bertz CT molecular complexity index is 1410. The van der Waals surface area contributed by atoms with Crippen molar-refractivity contribution in [2.75, 3.05) is 6.61 Å². The number of aliphatic carboxylic acids is 1. The highest BCUT2D eigenvalue weighted by atomic mass is 16.5. The quantitative estimate of drug-likeness (QED) is 0.257. The number of carbonyl (C=O) groups excluding carboxylic acids is 3. The zero-order valence-corrected chi connectivity index (χ0v) is 30.9. The van der Waals surface area contributed by atoms with E-state index in [0.717, 1.165) is 56.1 Å². The fourth-order valence-electron chi connectivity index (χ4n) is 12.9. The van der Waals surface area contributed by atoms with Crippen molar-refractivity contribution in [1.29, 1.82) is 0 Å². The predicted octanol–water partition coefficient (Wildman–Crippen LogP) is 6.73. The molecule has 6 aliphatic rings. The molecular formula is C40H61NO7. The third kappa shape index (κ3) is 5.06. The molecule has 0 aromatic rings. The molecule has 0 radical (unpaired) electrons.